The highest BCUT2D eigenvalue weighted by atomic mass is 16.4. The summed E-state index contributed by atoms with van der Waals surface area (Å²) in [6.45, 7) is 4.88. The van der Waals surface area contributed by atoms with Gasteiger partial charge in [-0.2, -0.15) is 0 Å². The first-order valence-corrected chi connectivity index (χ1v) is 9.50. The third-order valence-corrected chi connectivity index (χ3v) is 4.19. The number of nitrogens with two attached hydrogens (primary N) is 1. The Labute approximate surface area is 170 Å². The van der Waals surface area contributed by atoms with Crippen LogP contribution in [0.5, 0.6) is 0 Å². The number of carboxylic acids is 1. The fourth-order valence-corrected chi connectivity index (χ4v) is 2.66. The van der Waals surface area contributed by atoms with Crippen molar-refractivity contribution in [1.82, 2.24) is 16.0 Å². The van der Waals surface area contributed by atoms with Gasteiger partial charge in [0.25, 0.3) is 0 Å². The molecule has 0 heterocycles. The summed E-state index contributed by atoms with van der Waals surface area (Å²) in [7, 11) is 0. The maximum Gasteiger partial charge on any atom is 0.325 e. The minimum atomic E-state index is -1.18. The molecule has 3 atom stereocenters. The van der Waals surface area contributed by atoms with E-state index in [-0.39, 0.29) is 18.9 Å². The number of hydrogen-bond donors (Lipinski definition) is 5. The zero-order valence-corrected chi connectivity index (χ0v) is 17.0. The van der Waals surface area contributed by atoms with Gasteiger partial charge in [-0.3, -0.25) is 19.2 Å². The van der Waals surface area contributed by atoms with E-state index in [1.165, 1.54) is 6.92 Å². The number of nitrogens with one attached hydrogen (secondary N) is 3. The molecule has 0 radical (unpaired) electrons. The first-order valence-electron chi connectivity index (χ1n) is 9.50. The van der Waals surface area contributed by atoms with E-state index in [4.69, 9.17) is 10.8 Å². The number of amides is 3. The Hall–Kier alpha value is -2.94. The van der Waals surface area contributed by atoms with Crippen LogP contribution < -0.4 is 21.7 Å². The Morgan fingerprint density at radius 3 is 2.03 bits per heavy atom. The van der Waals surface area contributed by atoms with Crippen molar-refractivity contribution in [3.05, 3.63) is 35.9 Å². The highest BCUT2D eigenvalue weighted by molar-refractivity contribution is 5.93. The van der Waals surface area contributed by atoms with Gasteiger partial charge in [0.2, 0.25) is 17.7 Å². The maximum absolute atomic E-state index is 12.8. The van der Waals surface area contributed by atoms with Crippen LogP contribution in [0.25, 0.3) is 0 Å². The molecule has 0 aliphatic carbocycles. The monoisotopic (exact) mass is 406 g/mol. The Kier molecular flexibility index (Phi) is 9.81. The second-order valence-corrected chi connectivity index (χ2v) is 7.27. The number of benzene rings is 1. The molecule has 0 saturated carbocycles. The van der Waals surface area contributed by atoms with Crippen molar-refractivity contribution in [2.24, 2.45) is 11.7 Å². The van der Waals surface area contributed by atoms with Crippen molar-refractivity contribution >= 4 is 23.7 Å². The summed E-state index contributed by atoms with van der Waals surface area (Å²) in [6, 6.07) is 6.06. The molecule has 1 aromatic carbocycles. The van der Waals surface area contributed by atoms with Crippen molar-refractivity contribution in [3.8, 4) is 0 Å². The molecule has 0 spiro atoms. The molecule has 3 amide bonds. The lowest BCUT2D eigenvalue weighted by Crippen LogP contribution is -2.56. The van der Waals surface area contributed by atoms with Gasteiger partial charge in [-0.05, 0) is 24.8 Å². The number of carboxylic acid groups (broad SMARTS) is 1. The predicted octanol–water partition coefficient (Wildman–Crippen LogP) is -0.207. The lowest BCUT2D eigenvalue weighted by Gasteiger charge is -2.24. The van der Waals surface area contributed by atoms with Crippen LogP contribution in [0.3, 0.4) is 0 Å². The highest BCUT2D eigenvalue weighted by Gasteiger charge is 2.28. The van der Waals surface area contributed by atoms with E-state index < -0.39 is 41.8 Å². The molecule has 9 nitrogen and oxygen atoms in total. The Balaban J connectivity index is 2.99. The van der Waals surface area contributed by atoms with E-state index in [1.54, 1.807) is 24.3 Å². The molecule has 0 aliphatic rings. The number of aliphatic carboxylic acids is 1. The molecule has 1 aromatic rings. The minimum Gasteiger partial charge on any atom is -0.480 e. The highest BCUT2D eigenvalue weighted by Crippen LogP contribution is 2.08. The minimum absolute atomic E-state index is 0.109. The van der Waals surface area contributed by atoms with E-state index in [1.807, 2.05) is 19.9 Å². The smallest absolute Gasteiger partial charge is 0.325 e. The summed E-state index contributed by atoms with van der Waals surface area (Å²) >= 11 is 0. The summed E-state index contributed by atoms with van der Waals surface area (Å²) in [5, 5.41) is 16.6. The van der Waals surface area contributed by atoms with Crippen LogP contribution in [0.1, 0.15) is 32.8 Å². The van der Waals surface area contributed by atoms with Crippen LogP contribution in [0.2, 0.25) is 0 Å². The zero-order chi connectivity index (χ0) is 22.0. The largest absolute Gasteiger partial charge is 0.480 e. The van der Waals surface area contributed by atoms with Gasteiger partial charge in [0.15, 0.2) is 0 Å². The average molecular weight is 406 g/mol. The van der Waals surface area contributed by atoms with Gasteiger partial charge in [0, 0.05) is 6.42 Å². The number of hydrogen-bond acceptors (Lipinski definition) is 5. The van der Waals surface area contributed by atoms with Crippen LogP contribution in [0.4, 0.5) is 0 Å². The molecular formula is C20H30N4O5. The first-order chi connectivity index (χ1) is 13.6. The Bertz CT molecular complexity index is 708. The molecule has 0 fully saturated rings. The quantitative estimate of drug-likeness (QED) is 0.343. The number of rotatable bonds is 11. The fourth-order valence-electron chi connectivity index (χ4n) is 2.66. The van der Waals surface area contributed by atoms with Gasteiger partial charge in [0.1, 0.15) is 18.1 Å². The van der Waals surface area contributed by atoms with Crippen LogP contribution in [0, 0.1) is 5.92 Å². The standard InChI is InChI=1S/C20H30N4O5/c1-12(2)9-15(23-17(25)11-21)19(27)24-16(10-14-7-5-4-6-8-14)18(26)22-13(3)20(28)29/h4-8,12-13,15-16H,9-11,21H2,1-3H3,(H,22,26)(H,23,25)(H,24,27)(H,28,29). The normalized spacial score (nSPS) is 13.8. The summed E-state index contributed by atoms with van der Waals surface area (Å²) < 4.78 is 0. The van der Waals surface area contributed by atoms with Crippen molar-refractivity contribution in [1.29, 1.82) is 0 Å². The molecule has 160 valence electrons. The number of carbonyl (C=O) groups excluding carboxylic acids is 3. The molecule has 9 heteroatoms. The van der Waals surface area contributed by atoms with Gasteiger partial charge in [0.05, 0.1) is 6.54 Å². The molecule has 1 rings (SSSR count). The van der Waals surface area contributed by atoms with Crippen LogP contribution in [-0.4, -0.2) is 53.5 Å². The van der Waals surface area contributed by atoms with Crippen molar-refractivity contribution in [2.45, 2.75) is 51.7 Å². The third kappa shape index (κ3) is 8.73. The van der Waals surface area contributed by atoms with Crippen LogP contribution >= 0.6 is 0 Å². The first kappa shape index (κ1) is 24.1. The van der Waals surface area contributed by atoms with E-state index in [0.717, 1.165) is 5.56 Å². The average Bonchev–Trinajstić information content (AvgIpc) is 2.66. The van der Waals surface area contributed by atoms with E-state index in [0.29, 0.717) is 6.42 Å². The molecule has 0 aliphatic heterocycles. The molecule has 0 aromatic heterocycles. The lowest BCUT2D eigenvalue weighted by molar-refractivity contribution is -0.141. The molecule has 3 unspecified atom stereocenters. The summed E-state index contributed by atoms with van der Waals surface area (Å²) in [6.07, 6.45) is 0.534. The second kappa shape index (κ2) is 11.8. The molecule has 0 bridgehead atoms. The van der Waals surface area contributed by atoms with Gasteiger partial charge in [-0.15, -0.1) is 0 Å². The van der Waals surface area contributed by atoms with Gasteiger partial charge in [-0.25, -0.2) is 0 Å². The maximum atomic E-state index is 12.8. The van der Waals surface area contributed by atoms with Gasteiger partial charge >= 0.3 is 5.97 Å². The van der Waals surface area contributed by atoms with Crippen molar-refractivity contribution < 1.29 is 24.3 Å². The summed E-state index contributed by atoms with van der Waals surface area (Å²) in [4.78, 5) is 48.2. The Morgan fingerprint density at radius 1 is 0.931 bits per heavy atom. The molecular weight excluding hydrogens is 376 g/mol. The van der Waals surface area contributed by atoms with Crippen LogP contribution in [0.15, 0.2) is 30.3 Å². The summed E-state index contributed by atoms with van der Waals surface area (Å²) in [5.41, 5.74) is 6.12. The second-order valence-electron chi connectivity index (χ2n) is 7.27. The molecule has 29 heavy (non-hydrogen) atoms. The topological polar surface area (TPSA) is 151 Å². The van der Waals surface area contributed by atoms with Gasteiger partial charge in [-0.1, -0.05) is 44.2 Å². The van der Waals surface area contributed by atoms with Crippen molar-refractivity contribution in [3.63, 3.8) is 0 Å². The third-order valence-electron chi connectivity index (χ3n) is 4.19. The van der Waals surface area contributed by atoms with E-state index in [2.05, 4.69) is 16.0 Å². The zero-order valence-electron chi connectivity index (χ0n) is 17.0. The molecule has 6 N–H and O–H groups in total. The van der Waals surface area contributed by atoms with E-state index >= 15 is 0 Å². The van der Waals surface area contributed by atoms with E-state index in [9.17, 15) is 19.2 Å². The lowest BCUT2D eigenvalue weighted by atomic mass is 10.0. The molecule has 0 saturated heterocycles. The Morgan fingerprint density at radius 2 is 1.52 bits per heavy atom. The SMILES string of the molecule is CC(C)CC(NC(=O)CN)C(=O)NC(Cc1ccccc1)C(=O)NC(C)C(=O)O. The fraction of sp³-hybridized carbons (Fsp3) is 0.500. The van der Waals surface area contributed by atoms with Crippen LogP contribution in [-0.2, 0) is 25.6 Å². The summed E-state index contributed by atoms with van der Waals surface area (Å²) in [5.74, 6) is -2.70. The van der Waals surface area contributed by atoms with Gasteiger partial charge < -0.3 is 26.8 Å². The van der Waals surface area contributed by atoms with Crippen molar-refractivity contribution in [2.75, 3.05) is 6.54 Å². The number of carbonyl (C=O) groups is 4. The predicted molar refractivity (Wildman–Crippen MR) is 108 cm³/mol.